The van der Waals surface area contributed by atoms with Gasteiger partial charge in [0.2, 0.25) is 0 Å². The molecular formula is C13H13FN2O2. The Bertz CT molecular complexity index is 578. The van der Waals surface area contributed by atoms with Gasteiger partial charge in [-0.3, -0.25) is 0 Å². The number of carbonyl (C=O) groups is 1. The largest absolute Gasteiger partial charge is 0.420 e. The number of anilines is 1. The monoisotopic (exact) mass is 248 g/mol. The average molecular weight is 248 g/mol. The van der Waals surface area contributed by atoms with Crippen LogP contribution in [0.15, 0.2) is 36.5 Å². The van der Waals surface area contributed by atoms with Crippen LogP contribution in [0.1, 0.15) is 17.3 Å². The molecular weight excluding hydrogens is 235 g/mol. The summed E-state index contributed by atoms with van der Waals surface area (Å²) in [6.45, 7) is 2.56. The van der Waals surface area contributed by atoms with Gasteiger partial charge in [-0.05, 0) is 25.1 Å². The second kappa shape index (κ2) is 4.91. The predicted octanol–water partition coefficient (Wildman–Crippen LogP) is 2.45. The van der Waals surface area contributed by atoms with Gasteiger partial charge in [-0.15, -0.1) is 0 Å². The topological polar surface area (TPSA) is 57.2 Å². The Hall–Kier alpha value is -2.30. The first-order valence-corrected chi connectivity index (χ1v) is 5.54. The molecule has 94 valence electrons. The number of esters is 1. The summed E-state index contributed by atoms with van der Waals surface area (Å²) in [5.41, 5.74) is 6.01. The van der Waals surface area contributed by atoms with Gasteiger partial charge in [0.05, 0.1) is 0 Å². The molecule has 0 bridgehead atoms. The summed E-state index contributed by atoms with van der Waals surface area (Å²) >= 11 is 0. The van der Waals surface area contributed by atoms with Crippen LogP contribution < -0.4 is 10.5 Å². The number of ether oxygens (including phenoxy) is 1. The minimum absolute atomic E-state index is 0.105. The van der Waals surface area contributed by atoms with Crippen LogP contribution in [-0.4, -0.2) is 10.5 Å². The quantitative estimate of drug-likeness (QED) is 0.670. The zero-order valence-corrected chi connectivity index (χ0v) is 9.89. The fourth-order valence-corrected chi connectivity index (χ4v) is 1.62. The standard InChI is InChI=1S/C13H13FN2O2/c1-2-16-8-7-9(12(16)15)13(17)18-11-6-4-3-5-10(11)14/h3-8H,2,15H2,1H3. The van der Waals surface area contributed by atoms with E-state index in [-0.39, 0.29) is 11.3 Å². The molecule has 18 heavy (non-hydrogen) atoms. The Balaban J connectivity index is 2.22. The van der Waals surface area contributed by atoms with E-state index in [4.69, 9.17) is 10.5 Å². The molecule has 1 aromatic heterocycles. The summed E-state index contributed by atoms with van der Waals surface area (Å²) in [4.78, 5) is 11.8. The van der Waals surface area contributed by atoms with E-state index >= 15 is 0 Å². The number of hydrogen-bond acceptors (Lipinski definition) is 3. The van der Waals surface area contributed by atoms with Crippen LogP contribution in [0.2, 0.25) is 0 Å². The molecule has 0 amide bonds. The second-order valence-corrected chi connectivity index (χ2v) is 3.72. The van der Waals surface area contributed by atoms with E-state index in [1.165, 1.54) is 18.2 Å². The number of halogens is 1. The predicted molar refractivity (Wildman–Crippen MR) is 65.9 cm³/mol. The highest BCUT2D eigenvalue weighted by molar-refractivity contribution is 5.95. The summed E-state index contributed by atoms with van der Waals surface area (Å²) in [5.74, 6) is -1.03. The number of nitrogen functional groups attached to an aromatic ring is 1. The maximum Gasteiger partial charge on any atom is 0.347 e. The second-order valence-electron chi connectivity index (χ2n) is 3.72. The molecule has 0 spiro atoms. The first-order valence-electron chi connectivity index (χ1n) is 5.54. The van der Waals surface area contributed by atoms with Crippen molar-refractivity contribution in [1.82, 2.24) is 4.57 Å². The van der Waals surface area contributed by atoms with Crippen LogP contribution >= 0.6 is 0 Å². The summed E-state index contributed by atoms with van der Waals surface area (Å²) in [6, 6.07) is 7.28. The van der Waals surface area contributed by atoms with Crippen molar-refractivity contribution in [3.05, 3.63) is 47.9 Å². The van der Waals surface area contributed by atoms with E-state index in [9.17, 15) is 9.18 Å². The Morgan fingerprint density at radius 1 is 1.39 bits per heavy atom. The molecule has 2 rings (SSSR count). The molecule has 2 aromatic rings. The molecule has 1 aromatic carbocycles. The maximum absolute atomic E-state index is 13.3. The van der Waals surface area contributed by atoms with Crippen molar-refractivity contribution in [3.63, 3.8) is 0 Å². The van der Waals surface area contributed by atoms with Gasteiger partial charge in [-0.25, -0.2) is 9.18 Å². The minimum atomic E-state index is -0.662. The fraction of sp³-hybridized carbons (Fsp3) is 0.154. The average Bonchev–Trinajstić information content (AvgIpc) is 2.73. The molecule has 0 aliphatic carbocycles. The first kappa shape index (κ1) is 12.2. The third-order valence-corrected chi connectivity index (χ3v) is 2.61. The molecule has 1 heterocycles. The Kier molecular flexibility index (Phi) is 3.32. The lowest BCUT2D eigenvalue weighted by Crippen LogP contribution is -2.12. The summed E-state index contributed by atoms with van der Waals surface area (Å²) in [7, 11) is 0. The van der Waals surface area contributed by atoms with Crippen LogP contribution in [0.5, 0.6) is 5.75 Å². The number of aryl methyl sites for hydroxylation is 1. The van der Waals surface area contributed by atoms with Gasteiger partial charge in [-0.1, -0.05) is 12.1 Å². The lowest BCUT2D eigenvalue weighted by Gasteiger charge is -2.06. The lowest BCUT2D eigenvalue weighted by atomic mass is 10.3. The number of rotatable bonds is 3. The van der Waals surface area contributed by atoms with Crippen molar-refractivity contribution >= 4 is 11.8 Å². The Morgan fingerprint density at radius 3 is 2.72 bits per heavy atom. The van der Waals surface area contributed by atoms with Gasteiger partial charge in [0, 0.05) is 12.7 Å². The van der Waals surface area contributed by atoms with E-state index in [1.54, 1.807) is 22.9 Å². The molecule has 0 aliphatic rings. The number of benzene rings is 1. The van der Waals surface area contributed by atoms with Crippen molar-refractivity contribution in [1.29, 1.82) is 0 Å². The van der Waals surface area contributed by atoms with Crippen molar-refractivity contribution in [2.45, 2.75) is 13.5 Å². The van der Waals surface area contributed by atoms with E-state index in [1.807, 2.05) is 6.92 Å². The molecule has 0 fully saturated rings. The van der Waals surface area contributed by atoms with Crippen LogP contribution in [0.4, 0.5) is 10.2 Å². The van der Waals surface area contributed by atoms with E-state index in [2.05, 4.69) is 0 Å². The molecule has 4 nitrogen and oxygen atoms in total. The van der Waals surface area contributed by atoms with Gasteiger partial charge < -0.3 is 15.0 Å². The van der Waals surface area contributed by atoms with Gasteiger partial charge >= 0.3 is 5.97 Å². The van der Waals surface area contributed by atoms with Crippen LogP contribution in [0.25, 0.3) is 0 Å². The summed E-state index contributed by atoms with van der Waals surface area (Å²) in [6.07, 6.45) is 1.69. The smallest absolute Gasteiger partial charge is 0.347 e. The van der Waals surface area contributed by atoms with Crippen LogP contribution in [0, 0.1) is 5.82 Å². The molecule has 5 heteroatoms. The van der Waals surface area contributed by atoms with Gasteiger partial charge in [0.15, 0.2) is 11.6 Å². The highest BCUT2D eigenvalue weighted by atomic mass is 19.1. The van der Waals surface area contributed by atoms with E-state index in [0.29, 0.717) is 12.4 Å². The number of para-hydroxylation sites is 1. The number of carbonyl (C=O) groups excluding carboxylic acids is 1. The SMILES string of the molecule is CCn1ccc(C(=O)Oc2ccccc2F)c1N. The molecule has 0 unspecified atom stereocenters. The van der Waals surface area contributed by atoms with Crippen molar-refractivity contribution < 1.29 is 13.9 Å². The Labute approximate surface area is 104 Å². The van der Waals surface area contributed by atoms with Gasteiger partial charge in [0.1, 0.15) is 11.4 Å². The molecule has 2 N–H and O–H groups in total. The van der Waals surface area contributed by atoms with Gasteiger partial charge in [0.25, 0.3) is 0 Å². The fourth-order valence-electron chi connectivity index (χ4n) is 1.62. The van der Waals surface area contributed by atoms with Crippen LogP contribution in [-0.2, 0) is 6.54 Å². The van der Waals surface area contributed by atoms with E-state index < -0.39 is 11.8 Å². The molecule has 0 saturated carbocycles. The van der Waals surface area contributed by atoms with Crippen molar-refractivity contribution in [2.24, 2.45) is 0 Å². The third-order valence-electron chi connectivity index (χ3n) is 2.61. The number of hydrogen-bond donors (Lipinski definition) is 1. The van der Waals surface area contributed by atoms with Crippen molar-refractivity contribution in [3.8, 4) is 5.75 Å². The van der Waals surface area contributed by atoms with E-state index in [0.717, 1.165) is 0 Å². The molecule has 0 saturated heterocycles. The highest BCUT2D eigenvalue weighted by Crippen LogP contribution is 2.20. The third kappa shape index (κ3) is 2.20. The number of nitrogens with zero attached hydrogens (tertiary/aromatic N) is 1. The summed E-state index contributed by atoms with van der Waals surface area (Å²) in [5, 5.41) is 0. The zero-order valence-electron chi connectivity index (χ0n) is 9.89. The highest BCUT2D eigenvalue weighted by Gasteiger charge is 2.16. The maximum atomic E-state index is 13.3. The zero-order chi connectivity index (χ0) is 13.1. The number of aromatic nitrogens is 1. The van der Waals surface area contributed by atoms with Crippen LogP contribution in [0.3, 0.4) is 0 Å². The number of nitrogens with two attached hydrogens (primary N) is 1. The summed E-state index contributed by atoms with van der Waals surface area (Å²) < 4.78 is 20.0. The lowest BCUT2D eigenvalue weighted by molar-refractivity contribution is 0.0729. The molecule has 0 aliphatic heterocycles. The molecule has 0 atom stereocenters. The minimum Gasteiger partial charge on any atom is -0.420 e. The normalized spacial score (nSPS) is 10.3. The Morgan fingerprint density at radius 2 is 2.11 bits per heavy atom. The molecule has 0 radical (unpaired) electrons. The first-order chi connectivity index (χ1) is 8.63. The van der Waals surface area contributed by atoms with Gasteiger partial charge in [-0.2, -0.15) is 0 Å². The van der Waals surface area contributed by atoms with Crippen molar-refractivity contribution in [2.75, 3.05) is 5.73 Å².